The van der Waals surface area contributed by atoms with Crippen LogP contribution in [0, 0.1) is 6.92 Å². The predicted octanol–water partition coefficient (Wildman–Crippen LogP) is 2.04. The maximum atomic E-state index is 9.25. The lowest BCUT2D eigenvalue weighted by atomic mass is 9.71. The van der Waals surface area contributed by atoms with Crippen molar-refractivity contribution in [2.24, 2.45) is 5.73 Å². The van der Waals surface area contributed by atoms with Gasteiger partial charge < -0.3 is 10.8 Å². The molecule has 0 saturated heterocycles. The zero-order valence-electron chi connectivity index (χ0n) is 7.88. The highest BCUT2D eigenvalue weighted by Gasteiger charge is 2.35. The van der Waals surface area contributed by atoms with Crippen LogP contribution in [0.25, 0.3) is 0 Å². The van der Waals surface area contributed by atoms with Gasteiger partial charge in [0.05, 0.1) is 0 Å². The largest absolute Gasteiger partial charge is 0.508 e. The van der Waals surface area contributed by atoms with Crippen molar-refractivity contribution in [3.8, 4) is 5.75 Å². The van der Waals surface area contributed by atoms with Gasteiger partial charge in [-0.3, -0.25) is 0 Å². The van der Waals surface area contributed by atoms with E-state index in [2.05, 4.69) is 0 Å². The fraction of sp³-hybridized carbons (Fsp3) is 0.455. The lowest BCUT2D eigenvalue weighted by molar-refractivity contribution is 0.252. The second-order valence-electron chi connectivity index (χ2n) is 4.01. The van der Waals surface area contributed by atoms with E-state index >= 15 is 0 Å². The molecule has 0 radical (unpaired) electrons. The molecule has 0 heterocycles. The third kappa shape index (κ3) is 1.31. The van der Waals surface area contributed by atoms with Gasteiger partial charge in [0.25, 0.3) is 0 Å². The van der Waals surface area contributed by atoms with E-state index in [0.29, 0.717) is 5.75 Å². The van der Waals surface area contributed by atoms with Crippen LogP contribution in [0.15, 0.2) is 18.2 Å². The first-order valence-corrected chi connectivity index (χ1v) is 4.71. The maximum absolute atomic E-state index is 9.25. The fourth-order valence-corrected chi connectivity index (χ4v) is 2.03. The maximum Gasteiger partial charge on any atom is 0.115 e. The molecule has 13 heavy (non-hydrogen) atoms. The highest BCUT2D eigenvalue weighted by molar-refractivity contribution is 5.39. The van der Waals surface area contributed by atoms with Crippen molar-refractivity contribution in [1.82, 2.24) is 0 Å². The van der Waals surface area contributed by atoms with E-state index in [0.717, 1.165) is 18.4 Å². The van der Waals surface area contributed by atoms with Crippen LogP contribution in [0.1, 0.15) is 30.4 Å². The SMILES string of the molecule is Cc1cc(O)ccc1C1(N)CCC1. The highest BCUT2D eigenvalue weighted by atomic mass is 16.3. The van der Waals surface area contributed by atoms with Crippen molar-refractivity contribution >= 4 is 0 Å². The standard InChI is InChI=1S/C11H15NO/c1-8-7-9(13)3-4-10(8)11(12)5-2-6-11/h3-4,7,13H,2,5-6,12H2,1H3. The summed E-state index contributed by atoms with van der Waals surface area (Å²) >= 11 is 0. The van der Waals surface area contributed by atoms with Gasteiger partial charge in [-0.1, -0.05) is 6.07 Å². The zero-order valence-corrected chi connectivity index (χ0v) is 7.88. The first-order chi connectivity index (χ1) is 6.12. The van der Waals surface area contributed by atoms with Gasteiger partial charge in [0, 0.05) is 5.54 Å². The quantitative estimate of drug-likeness (QED) is 0.689. The number of aromatic hydroxyl groups is 1. The Morgan fingerprint density at radius 3 is 2.54 bits per heavy atom. The Kier molecular flexibility index (Phi) is 1.81. The van der Waals surface area contributed by atoms with Crippen LogP contribution < -0.4 is 5.73 Å². The average Bonchev–Trinajstić information content (AvgIpc) is 2.00. The summed E-state index contributed by atoms with van der Waals surface area (Å²) < 4.78 is 0. The molecule has 0 bridgehead atoms. The normalized spacial score (nSPS) is 19.5. The topological polar surface area (TPSA) is 46.2 Å². The molecule has 0 spiro atoms. The Labute approximate surface area is 78.4 Å². The Morgan fingerprint density at radius 2 is 2.08 bits per heavy atom. The zero-order chi connectivity index (χ0) is 9.47. The summed E-state index contributed by atoms with van der Waals surface area (Å²) in [6.07, 6.45) is 3.36. The van der Waals surface area contributed by atoms with Crippen LogP contribution in [0.2, 0.25) is 0 Å². The second kappa shape index (κ2) is 2.74. The number of phenolic OH excluding ortho intramolecular Hbond substituents is 1. The Morgan fingerprint density at radius 1 is 1.38 bits per heavy atom. The van der Waals surface area contributed by atoms with Crippen molar-refractivity contribution in [3.05, 3.63) is 29.3 Å². The van der Waals surface area contributed by atoms with Crippen molar-refractivity contribution in [1.29, 1.82) is 0 Å². The predicted molar refractivity (Wildman–Crippen MR) is 52.6 cm³/mol. The Bertz CT molecular complexity index is 329. The molecule has 1 aromatic rings. The van der Waals surface area contributed by atoms with Gasteiger partial charge in [0.15, 0.2) is 0 Å². The van der Waals surface area contributed by atoms with Gasteiger partial charge in [-0.25, -0.2) is 0 Å². The smallest absolute Gasteiger partial charge is 0.115 e. The van der Waals surface area contributed by atoms with Crippen molar-refractivity contribution in [2.75, 3.05) is 0 Å². The van der Waals surface area contributed by atoms with Crippen molar-refractivity contribution in [3.63, 3.8) is 0 Å². The monoisotopic (exact) mass is 177 g/mol. The molecule has 0 aromatic heterocycles. The highest BCUT2D eigenvalue weighted by Crippen LogP contribution is 2.40. The number of aryl methyl sites for hydroxylation is 1. The second-order valence-corrected chi connectivity index (χ2v) is 4.01. The minimum atomic E-state index is -0.113. The summed E-state index contributed by atoms with van der Waals surface area (Å²) in [4.78, 5) is 0. The number of phenols is 1. The molecule has 2 rings (SSSR count). The van der Waals surface area contributed by atoms with Gasteiger partial charge in [0.1, 0.15) is 5.75 Å². The van der Waals surface area contributed by atoms with Crippen LogP contribution in [0.4, 0.5) is 0 Å². The van der Waals surface area contributed by atoms with Gasteiger partial charge in [-0.2, -0.15) is 0 Å². The molecular formula is C11H15NO. The molecule has 0 aliphatic heterocycles. The van der Waals surface area contributed by atoms with E-state index in [1.54, 1.807) is 12.1 Å². The number of hydrogen-bond acceptors (Lipinski definition) is 2. The minimum Gasteiger partial charge on any atom is -0.508 e. The minimum absolute atomic E-state index is 0.113. The molecule has 1 aromatic carbocycles. The number of hydrogen-bond donors (Lipinski definition) is 2. The van der Waals surface area contributed by atoms with Crippen molar-refractivity contribution < 1.29 is 5.11 Å². The molecule has 0 atom stereocenters. The number of nitrogens with two attached hydrogens (primary N) is 1. The summed E-state index contributed by atoms with van der Waals surface area (Å²) in [6, 6.07) is 5.45. The van der Waals surface area contributed by atoms with Gasteiger partial charge >= 0.3 is 0 Å². The van der Waals surface area contributed by atoms with Gasteiger partial charge in [-0.15, -0.1) is 0 Å². The first-order valence-electron chi connectivity index (χ1n) is 4.71. The molecule has 1 aliphatic carbocycles. The summed E-state index contributed by atoms with van der Waals surface area (Å²) in [6.45, 7) is 2.00. The van der Waals surface area contributed by atoms with Crippen LogP contribution >= 0.6 is 0 Å². The van der Waals surface area contributed by atoms with Gasteiger partial charge in [0.2, 0.25) is 0 Å². The third-order valence-electron chi connectivity index (χ3n) is 2.99. The molecule has 0 unspecified atom stereocenters. The first kappa shape index (κ1) is 8.57. The van der Waals surface area contributed by atoms with Crippen LogP contribution in [0.5, 0.6) is 5.75 Å². The van der Waals surface area contributed by atoms with Crippen LogP contribution in [0.3, 0.4) is 0 Å². The van der Waals surface area contributed by atoms with E-state index in [9.17, 15) is 5.11 Å². The fourth-order valence-electron chi connectivity index (χ4n) is 2.03. The number of rotatable bonds is 1. The number of benzene rings is 1. The molecule has 70 valence electrons. The molecule has 2 heteroatoms. The molecular weight excluding hydrogens is 162 g/mol. The van der Waals surface area contributed by atoms with E-state index in [4.69, 9.17) is 5.73 Å². The summed E-state index contributed by atoms with van der Waals surface area (Å²) in [7, 11) is 0. The summed E-state index contributed by atoms with van der Waals surface area (Å²) in [5.41, 5.74) is 8.37. The molecule has 1 fully saturated rings. The molecule has 0 amide bonds. The average molecular weight is 177 g/mol. The van der Waals surface area contributed by atoms with Crippen molar-refractivity contribution in [2.45, 2.75) is 31.7 Å². The molecule has 3 N–H and O–H groups in total. The lowest BCUT2D eigenvalue weighted by Gasteiger charge is -2.39. The molecule has 1 aliphatic rings. The van der Waals surface area contributed by atoms with E-state index in [1.807, 2.05) is 13.0 Å². The van der Waals surface area contributed by atoms with Crippen LogP contribution in [-0.4, -0.2) is 5.11 Å². The Balaban J connectivity index is 2.40. The lowest BCUT2D eigenvalue weighted by Crippen LogP contribution is -2.43. The molecule has 1 saturated carbocycles. The Hall–Kier alpha value is -1.02. The van der Waals surface area contributed by atoms with Gasteiger partial charge in [-0.05, 0) is 49.4 Å². The summed E-state index contributed by atoms with van der Waals surface area (Å²) in [5, 5.41) is 9.25. The van der Waals surface area contributed by atoms with E-state index in [-0.39, 0.29) is 5.54 Å². The van der Waals surface area contributed by atoms with Crippen LogP contribution in [-0.2, 0) is 5.54 Å². The van der Waals surface area contributed by atoms with E-state index < -0.39 is 0 Å². The third-order valence-corrected chi connectivity index (χ3v) is 2.99. The summed E-state index contributed by atoms with van der Waals surface area (Å²) in [5.74, 6) is 0.323. The van der Waals surface area contributed by atoms with E-state index in [1.165, 1.54) is 12.0 Å². The molecule has 2 nitrogen and oxygen atoms in total.